The van der Waals surface area contributed by atoms with Crippen molar-refractivity contribution < 1.29 is 19.8 Å². The van der Waals surface area contributed by atoms with Crippen molar-refractivity contribution in [2.75, 3.05) is 0 Å². The minimum Gasteiger partial charge on any atom is -0.481 e. The monoisotopic (exact) mass is 315 g/mol. The molecular weight excluding hydrogens is 306 g/mol. The van der Waals surface area contributed by atoms with Gasteiger partial charge in [-0.1, -0.05) is 22.9 Å². The number of thiazole rings is 1. The smallest absolute Gasteiger partial charge is 0.318 e. The van der Waals surface area contributed by atoms with Gasteiger partial charge in [0.05, 0.1) is 16.6 Å². The number of benzene rings is 1. The molecule has 1 unspecified atom stereocenters. The average molecular weight is 315 g/mol. The van der Waals surface area contributed by atoms with E-state index in [2.05, 4.69) is 4.98 Å². The third kappa shape index (κ3) is 3.85. The van der Waals surface area contributed by atoms with Crippen molar-refractivity contribution in [3.63, 3.8) is 0 Å². The number of aliphatic carboxylic acids is 2. The Morgan fingerprint density at radius 2 is 2.05 bits per heavy atom. The molecule has 8 heteroatoms. The van der Waals surface area contributed by atoms with Crippen LogP contribution in [0, 0.1) is 0 Å². The number of para-hydroxylation sites is 1. The molecule has 0 amide bonds. The second-order valence-corrected chi connectivity index (χ2v) is 7.23. The van der Waals surface area contributed by atoms with Crippen LogP contribution in [0.15, 0.2) is 28.6 Å². The fourth-order valence-corrected chi connectivity index (χ4v) is 4.85. The Balaban J connectivity index is 2.03. The molecule has 0 saturated carbocycles. The molecule has 2 aromatic rings. The number of carboxylic acids is 2. The van der Waals surface area contributed by atoms with E-state index < -0.39 is 23.6 Å². The first-order chi connectivity index (χ1) is 9.06. The molecule has 0 saturated heterocycles. The van der Waals surface area contributed by atoms with E-state index in [4.69, 9.17) is 10.2 Å². The molecule has 0 aliphatic rings. The van der Waals surface area contributed by atoms with Crippen molar-refractivity contribution in [1.82, 2.24) is 4.98 Å². The van der Waals surface area contributed by atoms with Crippen LogP contribution in [0.5, 0.6) is 0 Å². The second-order valence-electron chi connectivity index (χ2n) is 3.55. The first-order valence-corrected chi connectivity index (χ1v) is 8.22. The molecule has 0 aliphatic heterocycles. The molecule has 100 valence electrons. The van der Waals surface area contributed by atoms with Crippen LogP contribution < -0.4 is 0 Å². The van der Waals surface area contributed by atoms with Gasteiger partial charge in [-0.2, -0.15) is 0 Å². The minimum atomic E-state index is -1.12. The van der Waals surface area contributed by atoms with Gasteiger partial charge in [0.15, 0.2) is 4.34 Å². The molecule has 2 N–H and O–H groups in total. The quantitative estimate of drug-likeness (QED) is 0.792. The van der Waals surface area contributed by atoms with Crippen molar-refractivity contribution >= 4 is 55.1 Å². The highest BCUT2D eigenvalue weighted by atomic mass is 33.1. The Labute approximate surface area is 120 Å². The van der Waals surface area contributed by atoms with Crippen molar-refractivity contribution in [2.45, 2.75) is 16.0 Å². The maximum atomic E-state index is 10.9. The number of carboxylic acid groups (broad SMARTS) is 2. The number of aromatic nitrogens is 1. The first-order valence-electron chi connectivity index (χ1n) is 5.20. The maximum Gasteiger partial charge on any atom is 0.318 e. The van der Waals surface area contributed by atoms with Gasteiger partial charge in [0.25, 0.3) is 0 Å². The fourth-order valence-electron chi connectivity index (χ4n) is 1.31. The summed E-state index contributed by atoms with van der Waals surface area (Å²) in [5, 5.41) is 16.6. The zero-order valence-electron chi connectivity index (χ0n) is 9.48. The number of hydrogen-bond acceptors (Lipinski definition) is 6. The first kappa shape index (κ1) is 14.2. The topological polar surface area (TPSA) is 87.5 Å². The van der Waals surface area contributed by atoms with Gasteiger partial charge in [-0.15, -0.1) is 11.3 Å². The van der Waals surface area contributed by atoms with Gasteiger partial charge >= 0.3 is 11.9 Å². The van der Waals surface area contributed by atoms with Crippen LogP contribution in [0.1, 0.15) is 6.42 Å². The lowest BCUT2D eigenvalue weighted by atomic mass is 10.3. The molecule has 1 atom stereocenters. The summed E-state index contributed by atoms with van der Waals surface area (Å²) >= 11 is 1.46. The van der Waals surface area contributed by atoms with E-state index >= 15 is 0 Å². The molecule has 0 aliphatic carbocycles. The molecule has 0 fully saturated rings. The van der Waals surface area contributed by atoms with Crippen molar-refractivity contribution in [3.05, 3.63) is 24.3 Å². The van der Waals surface area contributed by atoms with E-state index in [1.54, 1.807) is 0 Å². The van der Waals surface area contributed by atoms with Crippen LogP contribution in [-0.2, 0) is 9.59 Å². The summed E-state index contributed by atoms with van der Waals surface area (Å²) in [7, 11) is 2.22. The van der Waals surface area contributed by atoms with Crippen LogP contribution >= 0.6 is 32.9 Å². The zero-order valence-corrected chi connectivity index (χ0v) is 11.9. The van der Waals surface area contributed by atoms with E-state index in [0.717, 1.165) is 25.4 Å². The van der Waals surface area contributed by atoms with Crippen LogP contribution in [0.3, 0.4) is 0 Å². The summed E-state index contributed by atoms with van der Waals surface area (Å²) in [6, 6.07) is 7.61. The molecule has 0 radical (unpaired) electrons. The van der Waals surface area contributed by atoms with Crippen LogP contribution in [0.4, 0.5) is 0 Å². The van der Waals surface area contributed by atoms with E-state index in [1.165, 1.54) is 22.1 Å². The Hall–Kier alpha value is -1.25. The highest BCUT2D eigenvalue weighted by Crippen LogP contribution is 2.39. The Bertz CT molecular complexity index is 580. The Morgan fingerprint density at radius 3 is 2.68 bits per heavy atom. The standard InChI is InChI=1S/C11H9NO4S3/c13-9(14)5-8(10(15)16)18-19-11-12-6-3-1-2-4-7(6)17-11/h1-4,8H,5H2,(H,13,14)(H,15,16). The Morgan fingerprint density at radius 1 is 1.32 bits per heavy atom. The van der Waals surface area contributed by atoms with Crippen LogP contribution in [0.25, 0.3) is 10.2 Å². The fraction of sp³-hybridized carbons (Fsp3) is 0.182. The largest absolute Gasteiger partial charge is 0.481 e. The van der Waals surface area contributed by atoms with Crippen LogP contribution in [0.2, 0.25) is 0 Å². The number of hydrogen-bond donors (Lipinski definition) is 2. The van der Waals surface area contributed by atoms with Crippen molar-refractivity contribution in [1.29, 1.82) is 0 Å². The van der Waals surface area contributed by atoms with Gasteiger partial charge in [0.1, 0.15) is 5.25 Å². The van der Waals surface area contributed by atoms with Gasteiger partial charge in [-0.3, -0.25) is 9.59 Å². The van der Waals surface area contributed by atoms with E-state index in [9.17, 15) is 9.59 Å². The lowest BCUT2D eigenvalue weighted by molar-refractivity contribution is -0.142. The lowest BCUT2D eigenvalue weighted by Crippen LogP contribution is -2.19. The third-order valence-electron chi connectivity index (χ3n) is 2.15. The van der Waals surface area contributed by atoms with E-state index in [0.29, 0.717) is 0 Å². The predicted octanol–water partition coefficient (Wildman–Crippen LogP) is 2.96. The molecule has 0 spiro atoms. The zero-order chi connectivity index (χ0) is 13.8. The van der Waals surface area contributed by atoms with Gasteiger partial charge in [-0.25, -0.2) is 4.98 Å². The summed E-state index contributed by atoms with van der Waals surface area (Å²) in [5.41, 5.74) is 0.862. The molecule has 0 bridgehead atoms. The van der Waals surface area contributed by atoms with Gasteiger partial charge < -0.3 is 10.2 Å². The molecular formula is C11H9NO4S3. The van der Waals surface area contributed by atoms with Crippen LogP contribution in [-0.4, -0.2) is 32.4 Å². The van der Waals surface area contributed by atoms with Crippen molar-refractivity contribution in [2.24, 2.45) is 0 Å². The third-order valence-corrected chi connectivity index (χ3v) is 6.18. The summed E-state index contributed by atoms with van der Waals surface area (Å²) in [4.78, 5) is 25.8. The minimum absolute atomic E-state index is 0.405. The normalized spacial score (nSPS) is 12.4. The molecule has 5 nitrogen and oxygen atoms in total. The predicted molar refractivity (Wildman–Crippen MR) is 76.7 cm³/mol. The van der Waals surface area contributed by atoms with Gasteiger partial charge in [0.2, 0.25) is 0 Å². The molecule has 1 aromatic heterocycles. The molecule has 1 heterocycles. The molecule has 2 rings (SSSR count). The number of fused-ring (bicyclic) bond motifs is 1. The summed E-state index contributed by atoms with van der Waals surface area (Å²) < 4.78 is 1.75. The van der Waals surface area contributed by atoms with Gasteiger partial charge in [0, 0.05) is 0 Å². The molecule has 19 heavy (non-hydrogen) atoms. The lowest BCUT2D eigenvalue weighted by Gasteiger charge is -2.06. The van der Waals surface area contributed by atoms with E-state index in [1.807, 2.05) is 24.3 Å². The summed E-state index contributed by atoms with van der Waals surface area (Å²) in [6.07, 6.45) is -0.405. The summed E-state index contributed by atoms with van der Waals surface area (Å²) in [6.45, 7) is 0. The summed E-state index contributed by atoms with van der Waals surface area (Å²) in [5.74, 6) is -2.24. The van der Waals surface area contributed by atoms with Crippen molar-refractivity contribution in [3.8, 4) is 0 Å². The highest BCUT2D eigenvalue weighted by Gasteiger charge is 2.22. The average Bonchev–Trinajstić information content (AvgIpc) is 2.76. The SMILES string of the molecule is O=C(O)CC(SSc1nc2ccccc2s1)C(=O)O. The number of carbonyl (C=O) groups is 2. The highest BCUT2D eigenvalue weighted by molar-refractivity contribution is 8.77. The second kappa shape index (κ2) is 6.27. The Kier molecular flexibility index (Phi) is 4.67. The van der Waals surface area contributed by atoms with E-state index in [-0.39, 0.29) is 0 Å². The van der Waals surface area contributed by atoms with Gasteiger partial charge in [-0.05, 0) is 22.9 Å². The number of rotatable bonds is 6. The maximum absolute atomic E-state index is 10.9. The number of nitrogens with zero attached hydrogens (tertiary/aromatic N) is 1. The molecule has 1 aromatic carbocycles.